The van der Waals surface area contributed by atoms with Crippen molar-refractivity contribution < 1.29 is 23.1 Å². The van der Waals surface area contributed by atoms with Gasteiger partial charge in [0, 0.05) is 12.5 Å². The highest BCUT2D eigenvalue weighted by atomic mass is 19.1. The number of ether oxygens (including phenoxy) is 1. The second kappa shape index (κ2) is 9.78. The molecule has 1 amide bonds. The van der Waals surface area contributed by atoms with Crippen molar-refractivity contribution in [3.8, 4) is 11.1 Å². The molecule has 0 aliphatic heterocycles. The molecule has 3 rings (SSSR count). The maximum atomic E-state index is 13.3. The minimum atomic E-state index is -0.913. The second-order valence-electron chi connectivity index (χ2n) is 6.86. The monoisotopic (exact) mass is 409 g/mol. The average Bonchev–Trinajstić information content (AvgIpc) is 2.73. The largest absolute Gasteiger partial charge is 0.467 e. The van der Waals surface area contributed by atoms with Crippen molar-refractivity contribution in [2.75, 3.05) is 7.11 Å². The quantitative estimate of drug-likeness (QED) is 0.599. The Kier molecular flexibility index (Phi) is 6.91. The number of nitrogens with one attached hydrogen (secondary N) is 1. The van der Waals surface area contributed by atoms with Crippen LogP contribution in [0.5, 0.6) is 0 Å². The van der Waals surface area contributed by atoms with E-state index in [2.05, 4.69) is 5.32 Å². The van der Waals surface area contributed by atoms with Crippen LogP contribution in [0.3, 0.4) is 0 Å². The van der Waals surface area contributed by atoms with Gasteiger partial charge in [-0.2, -0.15) is 0 Å². The summed E-state index contributed by atoms with van der Waals surface area (Å²) in [6.45, 7) is 0. The molecule has 4 nitrogen and oxygen atoms in total. The van der Waals surface area contributed by atoms with E-state index in [9.17, 15) is 18.4 Å². The second-order valence-corrected chi connectivity index (χ2v) is 6.86. The summed E-state index contributed by atoms with van der Waals surface area (Å²) < 4.78 is 31.4. The van der Waals surface area contributed by atoms with Gasteiger partial charge in [0.25, 0.3) is 0 Å². The SMILES string of the molecule is COC(=O)[C@H](Cc1ccc(-c2ccccc2)cc1)NC(=O)Cc1cc(F)cc(F)c1. The number of halogens is 2. The molecule has 0 saturated heterocycles. The molecule has 0 aliphatic rings. The van der Waals surface area contributed by atoms with E-state index < -0.39 is 29.6 Å². The maximum Gasteiger partial charge on any atom is 0.328 e. The number of hydrogen-bond acceptors (Lipinski definition) is 3. The number of rotatable bonds is 7. The first-order valence-corrected chi connectivity index (χ1v) is 9.41. The Morgan fingerprint density at radius 1 is 0.867 bits per heavy atom. The van der Waals surface area contributed by atoms with Crippen molar-refractivity contribution in [3.05, 3.63) is 95.6 Å². The zero-order chi connectivity index (χ0) is 21.5. The van der Waals surface area contributed by atoms with E-state index in [0.717, 1.165) is 34.9 Å². The molecule has 0 fully saturated rings. The topological polar surface area (TPSA) is 55.4 Å². The number of amides is 1. The van der Waals surface area contributed by atoms with E-state index in [0.29, 0.717) is 0 Å². The third-order valence-electron chi connectivity index (χ3n) is 4.61. The first kappa shape index (κ1) is 21.2. The molecule has 154 valence electrons. The van der Waals surface area contributed by atoms with Crippen molar-refractivity contribution in [1.29, 1.82) is 0 Å². The number of carbonyl (C=O) groups excluding carboxylic acids is 2. The van der Waals surface area contributed by atoms with Gasteiger partial charge in [-0.15, -0.1) is 0 Å². The Bertz CT molecular complexity index is 1000. The lowest BCUT2D eigenvalue weighted by Gasteiger charge is -2.17. The van der Waals surface area contributed by atoms with Gasteiger partial charge < -0.3 is 10.1 Å². The summed E-state index contributed by atoms with van der Waals surface area (Å²) in [6, 6.07) is 19.5. The van der Waals surface area contributed by atoms with E-state index in [1.54, 1.807) is 0 Å². The third-order valence-corrected chi connectivity index (χ3v) is 4.61. The van der Waals surface area contributed by atoms with Gasteiger partial charge in [-0.3, -0.25) is 4.79 Å². The van der Waals surface area contributed by atoms with Gasteiger partial charge in [0.1, 0.15) is 17.7 Å². The number of carbonyl (C=O) groups is 2. The van der Waals surface area contributed by atoms with Gasteiger partial charge in [0.15, 0.2) is 0 Å². The normalized spacial score (nSPS) is 11.6. The first-order valence-electron chi connectivity index (χ1n) is 9.41. The standard InChI is InChI=1S/C24H21F2NO3/c1-30-24(29)22(27-23(28)14-17-11-20(25)15-21(26)12-17)13-16-7-9-19(10-8-16)18-5-3-2-4-6-18/h2-12,15,22H,13-14H2,1H3,(H,27,28)/t22-/m0/s1. The van der Waals surface area contributed by atoms with Gasteiger partial charge in [-0.1, -0.05) is 54.6 Å². The van der Waals surface area contributed by atoms with Crippen LogP contribution in [-0.4, -0.2) is 25.0 Å². The lowest BCUT2D eigenvalue weighted by Crippen LogP contribution is -2.43. The Morgan fingerprint density at radius 2 is 1.47 bits per heavy atom. The van der Waals surface area contributed by atoms with E-state index in [1.165, 1.54) is 7.11 Å². The number of esters is 1. The molecule has 0 saturated carbocycles. The zero-order valence-corrected chi connectivity index (χ0v) is 16.4. The molecule has 1 atom stereocenters. The molecular formula is C24H21F2NO3. The molecule has 0 radical (unpaired) electrons. The lowest BCUT2D eigenvalue weighted by molar-refractivity contribution is -0.145. The van der Waals surface area contributed by atoms with Crippen molar-refractivity contribution >= 4 is 11.9 Å². The van der Waals surface area contributed by atoms with E-state index >= 15 is 0 Å². The van der Waals surface area contributed by atoms with Crippen LogP contribution in [0, 0.1) is 11.6 Å². The van der Waals surface area contributed by atoms with Crippen LogP contribution >= 0.6 is 0 Å². The summed E-state index contributed by atoms with van der Waals surface area (Å²) in [5, 5.41) is 2.59. The molecule has 3 aromatic rings. The fraction of sp³-hybridized carbons (Fsp3) is 0.167. The molecule has 0 spiro atoms. The summed E-state index contributed by atoms with van der Waals surface area (Å²) in [5.41, 5.74) is 3.12. The van der Waals surface area contributed by atoms with Crippen LogP contribution in [0.1, 0.15) is 11.1 Å². The minimum Gasteiger partial charge on any atom is -0.467 e. The van der Waals surface area contributed by atoms with Crippen LogP contribution in [0.15, 0.2) is 72.8 Å². The molecule has 0 aliphatic carbocycles. The molecule has 6 heteroatoms. The molecule has 0 aromatic heterocycles. The molecule has 30 heavy (non-hydrogen) atoms. The first-order chi connectivity index (χ1) is 14.4. The highest BCUT2D eigenvalue weighted by molar-refractivity contribution is 5.85. The summed E-state index contributed by atoms with van der Waals surface area (Å²) in [5.74, 6) is -2.65. The molecule has 1 N–H and O–H groups in total. The predicted molar refractivity (Wildman–Crippen MR) is 110 cm³/mol. The highest BCUT2D eigenvalue weighted by Gasteiger charge is 2.22. The Morgan fingerprint density at radius 3 is 2.07 bits per heavy atom. The summed E-state index contributed by atoms with van der Waals surface area (Å²) in [4.78, 5) is 24.5. The van der Waals surface area contributed by atoms with E-state index in [-0.39, 0.29) is 18.4 Å². The summed E-state index contributed by atoms with van der Waals surface area (Å²) in [7, 11) is 1.24. The fourth-order valence-corrected chi connectivity index (χ4v) is 3.18. The molecule has 0 heterocycles. The smallest absolute Gasteiger partial charge is 0.328 e. The van der Waals surface area contributed by atoms with Crippen LogP contribution < -0.4 is 5.32 Å². The van der Waals surface area contributed by atoms with E-state index in [4.69, 9.17) is 4.74 Å². The Labute approximate surface area is 173 Å². The van der Waals surface area contributed by atoms with E-state index in [1.807, 2.05) is 54.6 Å². The van der Waals surface area contributed by atoms with Gasteiger partial charge >= 0.3 is 5.97 Å². The number of benzene rings is 3. The van der Waals surface area contributed by atoms with Gasteiger partial charge in [0.05, 0.1) is 13.5 Å². The Balaban J connectivity index is 1.68. The van der Waals surface area contributed by atoms with Crippen LogP contribution in [0.4, 0.5) is 8.78 Å². The van der Waals surface area contributed by atoms with Crippen molar-refractivity contribution in [1.82, 2.24) is 5.32 Å². The highest BCUT2D eigenvalue weighted by Crippen LogP contribution is 2.20. The van der Waals surface area contributed by atoms with Crippen molar-refractivity contribution in [2.24, 2.45) is 0 Å². The van der Waals surface area contributed by atoms with Crippen molar-refractivity contribution in [3.63, 3.8) is 0 Å². The lowest BCUT2D eigenvalue weighted by atomic mass is 10.0. The van der Waals surface area contributed by atoms with Crippen LogP contribution in [0.2, 0.25) is 0 Å². The van der Waals surface area contributed by atoms with Crippen molar-refractivity contribution in [2.45, 2.75) is 18.9 Å². The predicted octanol–water partition coefficient (Wildman–Crippen LogP) is 4.07. The van der Waals surface area contributed by atoms with Gasteiger partial charge in [-0.05, 0) is 34.4 Å². The molecule has 0 unspecified atom stereocenters. The fourth-order valence-electron chi connectivity index (χ4n) is 3.18. The average molecular weight is 409 g/mol. The molecule has 0 bridgehead atoms. The minimum absolute atomic E-state index is 0.181. The maximum absolute atomic E-state index is 13.3. The molecule has 3 aromatic carbocycles. The number of hydrogen-bond donors (Lipinski definition) is 1. The summed E-state index contributed by atoms with van der Waals surface area (Å²) in [6.07, 6.45) is -0.0277. The Hall–Kier alpha value is -3.54. The summed E-state index contributed by atoms with van der Waals surface area (Å²) >= 11 is 0. The molecular weight excluding hydrogens is 388 g/mol. The third kappa shape index (κ3) is 5.73. The number of methoxy groups -OCH3 is 1. The zero-order valence-electron chi connectivity index (χ0n) is 16.4. The van der Waals surface area contributed by atoms with Gasteiger partial charge in [-0.25, -0.2) is 13.6 Å². The van der Waals surface area contributed by atoms with Crippen LogP contribution in [0.25, 0.3) is 11.1 Å². The van der Waals surface area contributed by atoms with Gasteiger partial charge in [0.2, 0.25) is 5.91 Å². The van der Waals surface area contributed by atoms with Crippen LogP contribution in [-0.2, 0) is 27.2 Å².